The van der Waals surface area contributed by atoms with Crippen LogP contribution in [0.25, 0.3) is 0 Å². The van der Waals surface area contributed by atoms with Crippen molar-refractivity contribution in [2.45, 2.75) is 281 Å². The van der Waals surface area contributed by atoms with E-state index in [-0.39, 0.29) is 6.61 Å². The van der Waals surface area contributed by atoms with Gasteiger partial charge in [-0.3, -0.25) is 4.79 Å². The SMILES string of the molecule is CCCCCCCCCCCCCCCCCCCCCC(O)C(=O)NC(COC1OC(CO)C(O)C(O)C1O)C(O)CCCCCCCCCCCCCCC. The Morgan fingerprint density at radius 1 is 0.526 bits per heavy atom. The van der Waals surface area contributed by atoms with Gasteiger partial charge in [0.15, 0.2) is 6.29 Å². The molecular formula is C47H93NO9. The van der Waals surface area contributed by atoms with E-state index in [1.807, 2.05) is 0 Å². The summed E-state index contributed by atoms with van der Waals surface area (Å²) in [5.41, 5.74) is 0. The van der Waals surface area contributed by atoms with E-state index in [9.17, 15) is 35.4 Å². The standard InChI is InChI=1S/C47H93NO9/c1-3-5-7-9-11-13-15-17-18-19-20-21-22-24-26-28-30-32-34-36-41(51)46(55)48-39(38-56-47-45(54)44(53)43(52)42(37-49)57-47)40(50)35-33-31-29-27-25-23-16-14-12-10-8-6-4-2/h39-45,47,49-54H,3-38H2,1-2H3,(H,48,55). The summed E-state index contributed by atoms with van der Waals surface area (Å²) in [6.45, 7) is 3.68. The maximum atomic E-state index is 13.1. The highest BCUT2D eigenvalue weighted by molar-refractivity contribution is 5.80. The van der Waals surface area contributed by atoms with Crippen LogP contribution >= 0.6 is 0 Å². The summed E-state index contributed by atoms with van der Waals surface area (Å²) in [6.07, 6.45) is 31.5. The molecular weight excluding hydrogens is 723 g/mol. The van der Waals surface area contributed by atoms with Gasteiger partial charge in [-0.25, -0.2) is 0 Å². The highest BCUT2D eigenvalue weighted by atomic mass is 16.7. The van der Waals surface area contributed by atoms with Crippen LogP contribution in [-0.2, 0) is 14.3 Å². The molecule has 7 N–H and O–H groups in total. The number of hydrogen-bond acceptors (Lipinski definition) is 9. The lowest BCUT2D eigenvalue weighted by atomic mass is 9.99. The molecule has 1 aliphatic heterocycles. The Hall–Kier alpha value is -0.850. The van der Waals surface area contributed by atoms with Crippen molar-refractivity contribution in [1.29, 1.82) is 0 Å². The molecule has 340 valence electrons. The van der Waals surface area contributed by atoms with Gasteiger partial charge in [0.1, 0.15) is 30.5 Å². The molecule has 0 saturated carbocycles. The summed E-state index contributed by atoms with van der Waals surface area (Å²) in [5, 5.41) is 64.9. The molecule has 1 amide bonds. The van der Waals surface area contributed by atoms with Crippen LogP contribution in [0.1, 0.15) is 232 Å². The highest BCUT2D eigenvalue weighted by Crippen LogP contribution is 2.23. The van der Waals surface area contributed by atoms with Crippen molar-refractivity contribution in [2.75, 3.05) is 13.2 Å². The van der Waals surface area contributed by atoms with Crippen molar-refractivity contribution >= 4 is 5.91 Å². The molecule has 1 saturated heterocycles. The molecule has 0 radical (unpaired) electrons. The van der Waals surface area contributed by atoms with Crippen molar-refractivity contribution in [2.24, 2.45) is 0 Å². The molecule has 1 fully saturated rings. The van der Waals surface area contributed by atoms with E-state index >= 15 is 0 Å². The average molecular weight is 816 g/mol. The monoisotopic (exact) mass is 816 g/mol. The lowest BCUT2D eigenvalue weighted by Gasteiger charge is -2.40. The lowest BCUT2D eigenvalue weighted by molar-refractivity contribution is -0.302. The number of aliphatic hydroxyl groups excluding tert-OH is 6. The van der Waals surface area contributed by atoms with E-state index in [4.69, 9.17) is 9.47 Å². The second-order valence-electron chi connectivity index (χ2n) is 17.4. The lowest BCUT2D eigenvalue weighted by Crippen LogP contribution is -2.60. The summed E-state index contributed by atoms with van der Waals surface area (Å²) >= 11 is 0. The zero-order valence-corrected chi connectivity index (χ0v) is 37.0. The molecule has 10 nitrogen and oxygen atoms in total. The Labute approximate surface area is 349 Å². The van der Waals surface area contributed by atoms with Crippen LogP contribution in [0.3, 0.4) is 0 Å². The Bertz CT molecular complexity index is 880. The molecule has 0 aliphatic carbocycles. The first-order chi connectivity index (χ1) is 27.8. The van der Waals surface area contributed by atoms with Gasteiger partial charge in [0.2, 0.25) is 5.91 Å². The van der Waals surface area contributed by atoms with Crippen LogP contribution in [0.4, 0.5) is 0 Å². The summed E-state index contributed by atoms with van der Waals surface area (Å²) in [5.74, 6) is -0.579. The molecule has 57 heavy (non-hydrogen) atoms. The average Bonchev–Trinajstić information content (AvgIpc) is 3.21. The van der Waals surface area contributed by atoms with E-state index in [2.05, 4.69) is 19.2 Å². The number of unbranched alkanes of at least 4 members (excludes halogenated alkanes) is 30. The summed E-state index contributed by atoms with van der Waals surface area (Å²) in [7, 11) is 0. The molecule has 0 spiro atoms. The number of nitrogens with one attached hydrogen (secondary N) is 1. The van der Waals surface area contributed by atoms with E-state index in [1.165, 1.54) is 161 Å². The number of amides is 1. The van der Waals surface area contributed by atoms with Gasteiger partial charge in [0.05, 0.1) is 25.4 Å². The number of ether oxygens (including phenoxy) is 2. The Morgan fingerprint density at radius 2 is 0.877 bits per heavy atom. The van der Waals surface area contributed by atoms with Crippen LogP contribution in [0, 0.1) is 0 Å². The first kappa shape index (κ1) is 54.2. The van der Waals surface area contributed by atoms with Crippen LogP contribution in [0.2, 0.25) is 0 Å². The van der Waals surface area contributed by atoms with Crippen molar-refractivity contribution in [1.82, 2.24) is 5.32 Å². The van der Waals surface area contributed by atoms with Crippen molar-refractivity contribution in [3.8, 4) is 0 Å². The fourth-order valence-corrected chi connectivity index (χ4v) is 8.05. The molecule has 0 aromatic heterocycles. The highest BCUT2D eigenvalue weighted by Gasteiger charge is 2.44. The van der Waals surface area contributed by atoms with Gasteiger partial charge in [-0.1, -0.05) is 219 Å². The Morgan fingerprint density at radius 3 is 1.25 bits per heavy atom. The van der Waals surface area contributed by atoms with Gasteiger partial charge in [0.25, 0.3) is 0 Å². The third-order valence-corrected chi connectivity index (χ3v) is 12.1. The quantitative estimate of drug-likeness (QED) is 0.0298. The van der Waals surface area contributed by atoms with Crippen LogP contribution in [-0.4, -0.2) is 98.7 Å². The predicted molar refractivity (Wildman–Crippen MR) is 232 cm³/mol. The van der Waals surface area contributed by atoms with Gasteiger partial charge in [-0.15, -0.1) is 0 Å². The third-order valence-electron chi connectivity index (χ3n) is 12.1. The van der Waals surface area contributed by atoms with Crippen molar-refractivity contribution in [3.63, 3.8) is 0 Å². The van der Waals surface area contributed by atoms with E-state index in [0.717, 1.165) is 44.9 Å². The minimum Gasteiger partial charge on any atom is -0.394 e. The van der Waals surface area contributed by atoms with Gasteiger partial charge >= 0.3 is 0 Å². The number of hydrogen-bond donors (Lipinski definition) is 7. The van der Waals surface area contributed by atoms with E-state index in [1.54, 1.807) is 0 Å². The first-order valence-corrected chi connectivity index (χ1v) is 24.3. The molecule has 1 rings (SSSR count). The summed E-state index contributed by atoms with van der Waals surface area (Å²) < 4.78 is 11.2. The molecule has 0 bridgehead atoms. The number of carbonyl (C=O) groups excluding carboxylic acids is 1. The fourth-order valence-electron chi connectivity index (χ4n) is 8.05. The maximum absolute atomic E-state index is 13.1. The van der Waals surface area contributed by atoms with Crippen LogP contribution < -0.4 is 5.32 Å². The smallest absolute Gasteiger partial charge is 0.249 e. The molecule has 8 atom stereocenters. The first-order valence-electron chi connectivity index (χ1n) is 24.3. The number of rotatable bonds is 41. The van der Waals surface area contributed by atoms with Gasteiger partial charge in [-0.2, -0.15) is 0 Å². The molecule has 1 heterocycles. The molecule has 10 heteroatoms. The second-order valence-corrected chi connectivity index (χ2v) is 17.4. The van der Waals surface area contributed by atoms with Crippen LogP contribution in [0.5, 0.6) is 0 Å². The zero-order chi connectivity index (χ0) is 41.8. The number of aliphatic hydroxyl groups is 6. The summed E-state index contributed by atoms with van der Waals surface area (Å²) in [4.78, 5) is 13.1. The number of carbonyl (C=O) groups is 1. The van der Waals surface area contributed by atoms with E-state index in [0.29, 0.717) is 12.8 Å². The zero-order valence-electron chi connectivity index (χ0n) is 37.0. The third kappa shape index (κ3) is 28.3. The minimum absolute atomic E-state index is 0.250. The molecule has 1 aliphatic rings. The Balaban J connectivity index is 2.32. The van der Waals surface area contributed by atoms with Gasteiger partial charge < -0.3 is 45.4 Å². The van der Waals surface area contributed by atoms with Gasteiger partial charge in [0, 0.05) is 0 Å². The Kier molecular flexibility index (Phi) is 36.2. The molecule has 0 aromatic rings. The largest absolute Gasteiger partial charge is 0.394 e. The maximum Gasteiger partial charge on any atom is 0.249 e. The second kappa shape index (κ2) is 38.1. The predicted octanol–water partition coefficient (Wildman–Crippen LogP) is 9.31. The minimum atomic E-state index is -1.59. The normalized spacial score (nSPS) is 21.4. The topological polar surface area (TPSA) is 169 Å². The van der Waals surface area contributed by atoms with Crippen molar-refractivity contribution in [3.05, 3.63) is 0 Å². The van der Waals surface area contributed by atoms with Crippen LogP contribution in [0.15, 0.2) is 0 Å². The van der Waals surface area contributed by atoms with Gasteiger partial charge in [-0.05, 0) is 12.8 Å². The summed E-state index contributed by atoms with van der Waals surface area (Å²) in [6, 6.07) is -0.887. The molecule has 0 aromatic carbocycles. The van der Waals surface area contributed by atoms with E-state index < -0.39 is 61.5 Å². The fraction of sp³-hybridized carbons (Fsp3) is 0.979. The molecule has 8 unspecified atom stereocenters. The van der Waals surface area contributed by atoms with Crippen molar-refractivity contribution < 1.29 is 44.9 Å².